The smallest absolute Gasteiger partial charge is 0.307 e. The van der Waals surface area contributed by atoms with E-state index in [1.807, 2.05) is 0 Å². The summed E-state index contributed by atoms with van der Waals surface area (Å²) in [4.78, 5) is 26.6. The minimum Gasteiger partial charge on any atom is -0.466 e. The number of alkyl halides is 1. The standard InChI is InChI=1S/C33H64BrNO4/c1-3-5-7-9-11-13-15-17-19-21-30-38-32(36)24-28-35(27-23-26-34)29-25-33(37)39-31-22-20-18-16-14-12-10-8-6-4-2/h3-31H2,1-2H3. The van der Waals surface area contributed by atoms with E-state index < -0.39 is 0 Å². The minimum atomic E-state index is -0.127. The Morgan fingerprint density at radius 3 is 1.15 bits per heavy atom. The summed E-state index contributed by atoms with van der Waals surface area (Å²) in [5, 5.41) is 0.913. The third kappa shape index (κ3) is 30.2. The van der Waals surface area contributed by atoms with Crippen molar-refractivity contribution in [1.29, 1.82) is 0 Å². The highest BCUT2D eigenvalue weighted by Crippen LogP contribution is 2.12. The number of nitrogens with zero attached hydrogens (tertiary/aromatic N) is 1. The Labute approximate surface area is 251 Å². The molecule has 0 fully saturated rings. The van der Waals surface area contributed by atoms with Gasteiger partial charge in [-0.05, 0) is 25.8 Å². The van der Waals surface area contributed by atoms with Crippen LogP contribution in [0.5, 0.6) is 0 Å². The van der Waals surface area contributed by atoms with Crippen LogP contribution in [-0.4, -0.2) is 55.0 Å². The summed E-state index contributed by atoms with van der Waals surface area (Å²) in [6.45, 7) is 7.71. The molecule has 0 aromatic heterocycles. The van der Waals surface area contributed by atoms with E-state index in [-0.39, 0.29) is 11.9 Å². The SMILES string of the molecule is CCCCCCCCCCCCOC(=O)CCN(CCCBr)CCC(=O)OCCCCCCCCCCCC. The van der Waals surface area contributed by atoms with E-state index in [0.29, 0.717) is 39.1 Å². The maximum Gasteiger partial charge on any atom is 0.307 e. The molecule has 39 heavy (non-hydrogen) atoms. The number of hydrogen-bond acceptors (Lipinski definition) is 5. The lowest BCUT2D eigenvalue weighted by molar-refractivity contribution is -0.144. The first-order valence-corrected chi connectivity index (χ1v) is 17.9. The van der Waals surface area contributed by atoms with Gasteiger partial charge in [0.15, 0.2) is 0 Å². The molecule has 0 aliphatic rings. The molecule has 0 atom stereocenters. The highest BCUT2D eigenvalue weighted by Gasteiger charge is 2.12. The van der Waals surface area contributed by atoms with Gasteiger partial charge in [-0.3, -0.25) is 9.59 Å². The number of unbranched alkanes of at least 4 members (excludes halogenated alkanes) is 18. The van der Waals surface area contributed by atoms with Crippen LogP contribution in [0.2, 0.25) is 0 Å². The van der Waals surface area contributed by atoms with E-state index in [9.17, 15) is 9.59 Å². The Bertz CT molecular complexity index is 490. The van der Waals surface area contributed by atoms with Crippen LogP contribution in [0.25, 0.3) is 0 Å². The summed E-state index contributed by atoms with van der Waals surface area (Å²) in [6.07, 6.45) is 27.3. The fourth-order valence-corrected chi connectivity index (χ4v) is 5.06. The molecule has 0 saturated heterocycles. The molecule has 0 bridgehead atoms. The van der Waals surface area contributed by atoms with Crippen molar-refractivity contribution in [3.05, 3.63) is 0 Å². The molecule has 232 valence electrons. The number of esters is 2. The summed E-state index contributed by atoms with van der Waals surface area (Å²) in [6, 6.07) is 0. The van der Waals surface area contributed by atoms with Gasteiger partial charge in [0.2, 0.25) is 0 Å². The first kappa shape index (κ1) is 38.4. The van der Waals surface area contributed by atoms with Gasteiger partial charge in [0, 0.05) is 18.4 Å². The summed E-state index contributed by atoms with van der Waals surface area (Å²) in [7, 11) is 0. The molecule has 0 saturated carbocycles. The lowest BCUT2D eigenvalue weighted by Crippen LogP contribution is -2.31. The molecule has 0 aromatic carbocycles. The van der Waals surface area contributed by atoms with Crippen LogP contribution in [0.1, 0.15) is 162 Å². The van der Waals surface area contributed by atoms with Crippen molar-refractivity contribution in [3.8, 4) is 0 Å². The van der Waals surface area contributed by atoms with Crippen molar-refractivity contribution in [2.75, 3.05) is 38.2 Å². The van der Waals surface area contributed by atoms with Crippen molar-refractivity contribution >= 4 is 27.9 Å². The van der Waals surface area contributed by atoms with E-state index in [0.717, 1.165) is 44.0 Å². The van der Waals surface area contributed by atoms with Gasteiger partial charge in [0.1, 0.15) is 0 Å². The number of rotatable bonds is 31. The fourth-order valence-electron chi connectivity index (χ4n) is 4.81. The molecule has 0 radical (unpaired) electrons. The Morgan fingerprint density at radius 1 is 0.487 bits per heavy atom. The molecule has 0 unspecified atom stereocenters. The monoisotopic (exact) mass is 617 g/mol. The van der Waals surface area contributed by atoms with Gasteiger partial charge in [0.05, 0.1) is 26.1 Å². The fraction of sp³-hybridized carbons (Fsp3) is 0.939. The lowest BCUT2D eigenvalue weighted by Gasteiger charge is -2.21. The molecule has 0 N–H and O–H groups in total. The summed E-state index contributed by atoms with van der Waals surface area (Å²) in [5.41, 5.74) is 0. The molecule has 0 aromatic rings. The Kier molecular flexibility index (Phi) is 31.4. The Hall–Kier alpha value is -0.620. The van der Waals surface area contributed by atoms with Crippen molar-refractivity contribution in [1.82, 2.24) is 4.90 Å². The average Bonchev–Trinajstić information content (AvgIpc) is 2.94. The molecule has 0 heterocycles. The van der Waals surface area contributed by atoms with E-state index >= 15 is 0 Å². The van der Waals surface area contributed by atoms with Crippen molar-refractivity contribution in [3.63, 3.8) is 0 Å². The van der Waals surface area contributed by atoms with Crippen LogP contribution in [0.15, 0.2) is 0 Å². The summed E-state index contributed by atoms with van der Waals surface area (Å²) < 4.78 is 10.9. The zero-order chi connectivity index (χ0) is 28.7. The highest BCUT2D eigenvalue weighted by atomic mass is 79.9. The van der Waals surface area contributed by atoms with Crippen LogP contribution in [-0.2, 0) is 19.1 Å². The van der Waals surface area contributed by atoms with Gasteiger partial charge in [-0.2, -0.15) is 0 Å². The Balaban J connectivity index is 3.76. The molecular weight excluding hydrogens is 554 g/mol. The number of carbonyl (C=O) groups excluding carboxylic acids is 2. The third-order valence-corrected chi connectivity index (χ3v) is 7.95. The molecule has 5 nitrogen and oxygen atoms in total. The topological polar surface area (TPSA) is 55.8 Å². The molecule has 0 spiro atoms. The normalized spacial score (nSPS) is 11.3. The number of hydrogen-bond donors (Lipinski definition) is 0. The number of carbonyl (C=O) groups is 2. The summed E-state index contributed by atoms with van der Waals surface area (Å²) >= 11 is 3.48. The first-order valence-electron chi connectivity index (χ1n) is 16.7. The summed E-state index contributed by atoms with van der Waals surface area (Å²) in [5.74, 6) is -0.253. The van der Waals surface area contributed by atoms with E-state index in [2.05, 4.69) is 34.7 Å². The Morgan fingerprint density at radius 2 is 0.821 bits per heavy atom. The van der Waals surface area contributed by atoms with Crippen LogP contribution in [0.4, 0.5) is 0 Å². The predicted molar refractivity (Wildman–Crippen MR) is 170 cm³/mol. The zero-order valence-electron chi connectivity index (χ0n) is 26.0. The van der Waals surface area contributed by atoms with Crippen molar-refractivity contribution in [2.45, 2.75) is 162 Å². The van der Waals surface area contributed by atoms with Gasteiger partial charge in [-0.25, -0.2) is 0 Å². The molecule has 0 aliphatic carbocycles. The van der Waals surface area contributed by atoms with Crippen LogP contribution in [0.3, 0.4) is 0 Å². The first-order chi connectivity index (χ1) is 19.1. The zero-order valence-corrected chi connectivity index (χ0v) is 27.6. The average molecular weight is 619 g/mol. The molecule has 0 aliphatic heterocycles. The molecule has 6 heteroatoms. The number of halogens is 1. The molecular formula is C33H64BrNO4. The van der Waals surface area contributed by atoms with E-state index in [4.69, 9.17) is 9.47 Å². The van der Waals surface area contributed by atoms with Crippen molar-refractivity contribution < 1.29 is 19.1 Å². The minimum absolute atomic E-state index is 0.127. The van der Waals surface area contributed by atoms with Gasteiger partial charge in [0.25, 0.3) is 0 Å². The van der Waals surface area contributed by atoms with Gasteiger partial charge in [-0.1, -0.05) is 145 Å². The second kappa shape index (κ2) is 31.9. The number of ether oxygens (including phenoxy) is 2. The second-order valence-electron chi connectivity index (χ2n) is 11.2. The van der Waals surface area contributed by atoms with Gasteiger partial charge in [-0.15, -0.1) is 0 Å². The second-order valence-corrected chi connectivity index (χ2v) is 12.0. The van der Waals surface area contributed by atoms with Crippen molar-refractivity contribution in [2.24, 2.45) is 0 Å². The van der Waals surface area contributed by atoms with Gasteiger partial charge < -0.3 is 14.4 Å². The van der Waals surface area contributed by atoms with Crippen LogP contribution >= 0.6 is 15.9 Å². The molecule has 0 rings (SSSR count). The van der Waals surface area contributed by atoms with Gasteiger partial charge >= 0.3 is 11.9 Å². The maximum atomic E-state index is 12.2. The highest BCUT2D eigenvalue weighted by molar-refractivity contribution is 9.09. The largest absolute Gasteiger partial charge is 0.466 e. The van der Waals surface area contributed by atoms with E-state index in [1.165, 1.54) is 103 Å². The lowest BCUT2D eigenvalue weighted by atomic mass is 10.1. The van der Waals surface area contributed by atoms with Crippen LogP contribution in [0, 0.1) is 0 Å². The predicted octanol–water partition coefficient (Wildman–Crippen LogP) is 9.78. The molecule has 0 amide bonds. The third-order valence-electron chi connectivity index (χ3n) is 7.39. The van der Waals surface area contributed by atoms with E-state index in [1.54, 1.807) is 0 Å². The maximum absolute atomic E-state index is 12.2. The van der Waals surface area contributed by atoms with Crippen LogP contribution < -0.4 is 0 Å². The quantitative estimate of drug-likeness (QED) is 0.0440.